The molecular weight excluding hydrogens is 180 g/mol. The number of methoxy groups -OCH3 is 1. The van der Waals surface area contributed by atoms with Gasteiger partial charge in [0.05, 0.1) is 0 Å². The minimum Gasteiger partial charge on any atom is -0.375 e. The van der Waals surface area contributed by atoms with Crippen LogP contribution in [0.1, 0.15) is 13.3 Å². The summed E-state index contributed by atoms with van der Waals surface area (Å²) in [5.74, 6) is 1.24. The van der Waals surface area contributed by atoms with E-state index in [4.69, 9.17) is 10.5 Å². The Morgan fingerprint density at radius 2 is 2.29 bits per heavy atom. The largest absolute Gasteiger partial charge is 0.375 e. The van der Waals surface area contributed by atoms with Crippen LogP contribution in [-0.4, -0.2) is 44.2 Å². The normalized spacial score (nSPS) is 26.9. The summed E-state index contributed by atoms with van der Waals surface area (Å²) in [6, 6.07) is 0. The average molecular weight is 200 g/mol. The van der Waals surface area contributed by atoms with Gasteiger partial charge in [0.25, 0.3) is 0 Å². The Morgan fingerprint density at radius 3 is 2.86 bits per heavy atom. The monoisotopic (exact) mass is 200 g/mol. The van der Waals surface area contributed by atoms with E-state index in [1.165, 1.54) is 0 Å². The van der Waals surface area contributed by atoms with Crippen LogP contribution < -0.4 is 5.73 Å². The first-order valence-electron chi connectivity index (χ1n) is 5.15. The second-order valence-corrected chi connectivity index (χ2v) is 4.05. The molecule has 0 saturated carbocycles. The van der Waals surface area contributed by atoms with Gasteiger partial charge in [0.1, 0.15) is 6.61 Å². The molecule has 0 aromatic heterocycles. The van der Waals surface area contributed by atoms with Gasteiger partial charge < -0.3 is 15.4 Å². The molecule has 0 radical (unpaired) electrons. The summed E-state index contributed by atoms with van der Waals surface area (Å²) in [4.78, 5) is 13.4. The van der Waals surface area contributed by atoms with Crippen molar-refractivity contribution >= 4 is 5.91 Å². The van der Waals surface area contributed by atoms with Crippen molar-refractivity contribution in [3.63, 3.8) is 0 Å². The minimum atomic E-state index is 0.0962. The van der Waals surface area contributed by atoms with Gasteiger partial charge in [-0.05, 0) is 24.8 Å². The number of carbonyl (C=O) groups is 1. The lowest BCUT2D eigenvalue weighted by Crippen LogP contribution is -2.32. The van der Waals surface area contributed by atoms with Gasteiger partial charge in [0.2, 0.25) is 5.91 Å². The molecule has 0 unspecified atom stereocenters. The van der Waals surface area contributed by atoms with E-state index >= 15 is 0 Å². The zero-order chi connectivity index (χ0) is 10.6. The number of carbonyl (C=O) groups excluding carboxylic acids is 1. The zero-order valence-electron chi connectivity index (χ0n) is 9.03. The maximum atomic E-state index is 11.5. The number of rotatable bonds is 4. The molecule has 2 atom stereocenters. The lowest BCUT2D eigenvalue weighted by Gasteiger charge is -2.15. The van der Waals surface area contributed by atoms with Crippen LogP contribution in [-0.2, 0) is 9.53 Å². The molecule has 1 saturated heterocycles. The van der Waals surface area contributed by atoms with Gasteiger partial charge >= 0.3 is 0 Å². The van der Waals surface area contributed by atoms with Gasteiger partial charge in [-0.2, -0.15) is 0 Å². The first kappa shape index (κ1) is 11.5. The maximum Gasteiger partial charge on any atom is 0.248 e. The van der Waals surface area contributed by atoms with Gasteiger partial charge in [0, 0.05) is 20.2 Å². The Hall–Kier alpha value is -0.610. The van der Waals surface area contributed by atoms with Crippen LogP contribution in [0.3, 0.4) is 0 Å². The van der Waals surface area contributed by atoms with Crippen LogP contribution in [0.15, 0.2) is 0 Å². The highest BCUT2D eigenvalue weighted by atomic mass is 16.5. The third-order valence-electron chi connectivity index (χ3n) is 2.93. The molecule has 0 aromatic carbocycles. The Balaban J connectivity index is 2.41. The maximum absolute atomic E-state index is 11.5. The SMILES string of the molecule is COCC(=O)N1C[C@@H](CCN)[C@H](C)C1. The van der Waals surface area contributed by atoms with Crippen molar-refractivity contribution < 1.29 is 9.53 Å². The minimum absolute atomic E-state index is 0.0962. The number of nitrogens with zero attached hydrogens (tertiary/aromatic N) is 1. The summed E-state index contributed by atoms with van der Waals surface area (Å²) in [7, 11) is 1.55. The van der Waals surface area contributed by atoms with Crippen LogP contribution in [0, 0.1) is 11.8 Å². The third-order valence-corrected chi connectivity index (χ3v) is 2.93. The molecule has 1 aliphatic heterocycles. The van der Waals surface area contributed by atoms with E-state index in [9.17, 15) is 4.79 Å². The number of nitrogens with two attached hydrogens (primary N) is 1. The average Bonchev–Trinajstić information content (AvgIpc) is 2.49. The Kier molecular flexibility index (Phi) is 4.35. The predicted molar refractivity (Wildman–Crippen MR) is 54.8 cm³/mol. The molecule has 1 fully saturated rings. The molecular formula is C10H20N2O2. The lowest BCUT2D eigenvalue weighted by atomic mass is 9.95. The van der Waals surface area contributed by atoms with E-state index in [2.05, 4.69) is 6.92 Å². The molecule has 4 nitrogen and oxygen atoms in total. The van der Waals surface area contributed by atoms with Crippen molar-refractivity contribution in [3.05, 3.63) is 0 Å². The zero-order valence-corrected chi connectivity index (χ0v) is 9.03. The van der Waals surface area contributed by atoms with Gasteiger partial charge in [-0.15, -0.1) is 0 Å². The van der Waals surface area contributed by atoms with Gasteiger partial charge in [-0.3, -0.25) is 4.79 Å². The number of hydrogen-bond acceptors (Lipinski definition) is 3. The number of hydrogen-bond donors (Lipinski definition) is 1. The van der Waals surface area contributed by atoms with E-state index in [0.717, 1.165) is 19.5 Å². The third kappa shape index (κ3) is 2.69. The Bertz CT molecular complexity index is 197. The highest BCUT2D eigenvalue weighted by molar-refractivity contribution is 5.77. The lowest BCUT2D eigenvalue weighted by molar-refractivity contribution is -0.134. The molecule has 0 bridgehead atoms. The molecule has 1 amide bonds. The highest BCUT2D eigenvalue weighted by Crippen LogP contribution is 2.25. The fourth-order valence-electron chi connectivity index (χ4n) is 2.04. The second-order valence-electron chi connectivity index (χ2n) is 4.05. The van der Waals surface area contributed by atoms with Crippen LogP contribution in [0.4, 0.5) is 0 Å². The van der Waals surface area contributed by atoms with E-state index in [1.54, 1.807) is 7.11 Å². The number of amides is 1. The molecule has 1 rings (SSSR count). The molecule has 82 valence electrons. The summed E-state index contributed by atoms with van der Waals surface area (Å²) in [5.41, 5.74) is 5.52. The van der Waals surface area contributed by atoms with E-state index in [1.807, 2.05) is 4.90 Å². The van der Waals surface area contributed by atoms with Crippen molar-refractivity contribution in [2.24, 2.45) is 17.6 Å². The van der Waals surface area contributed by atoms with Crippen molar-refractivity contribution in [1.29, 1.82) is 0 Å². The summed E-state index contributed by atoms with van der Waals surface area (Å²) < 4.78 is 4.83. The molecule has 2 N–H and O–H groups in total. The Labute approximate surface area is 85.4 Å². The molecule has 0 aromatic rings. The molecule has 1 heterocycles. The number of likely N-dealkylation sites (tertiary alicyclic amines) is 1. The predicted octanol–water partition coefficient (Wildman–Crippen LogP) is 0.0761. The van der Waals surface area contributed by atoms with Crippen molar-refractivity contribution in [2.75, 3.05) is 33.4 Å². The van der Waals surface area contributed by atoms with E-state index in [-0.39, 0.29) is 12.5 Å². The summed E-state index contributed by atoms with van der Waals surface area (Å²) >= 11 is 0. The molecule has 1 aliphatic rings. The van der Waals surface area contributed by atoms with E-state index in [0.29, 0.717) is 18.4 Å². The van der Waals surface area contributed by atoms with Gasteiger partial charge in [-0.1, -0.05) is 6.92 Å². The molecule has 14 heavy (non-hydrogen) atoms. The fourth-order valence-corrected chi connectivity index (χ4v) is 2.04. The van der Waals surface area contributed by atoms with Crippen LogP contribution in [0.2, 0.25) is 0 Å². The van der Waals surface area contributed by atoms with Crippen LogP contribution >= 0.6 is 0 Å². The van der Waals surface area contributed by atoms with Gasteiger partial charge in [-0.25, -0.2) is 0 Å². The van der Waals surface area contributed by atoms with Crippen molar-refractivity contribution in [3.8, 4) is 0 Å². The molecule has 0 spiro atoms. The standard InChI is InChI=1S/C10H20N2O2/c1-8-5-12(10(13)7-14-2)6-9(8)3-4-11/h8-9H,3-7,11H2,1-2H3/t8-,9-/m1/s1. The first-order valence-corrected chi connectivity index (χ1v) is 5.15. The quantitative estimate of drug-likeness (QED) is 0.699. The molecule has 0 aliphatic carbocycles. The number of ether oxygens (including phenoxy) is 1. The van der Waals surface area contributed by atoms with Crippen molar-refractivity contribution in [1.82, 2.24) is 4.90 Å². The summed E-state index contributed by atoms with van der Waals surface area (Å²) in [6.45, 7) is 4.79. The van der Waals surface area contributed by atoms with Gasteiger partial charge in [0.15, 0.2) is 0 Å². The summed E-state index contributed by atoms with van der Waals surface area (Å²) in [6.07, 6.45) is 1.01. The fraction of sp³-hybridized carbons (Fsp3) is 0.900. The smallest absolute Gasteiger partial charge is 0.248 e. The Morgan fingerprint density at radius 1 is 1.57 bits per heavy atom. The van der Waals surface area contributed by atoms with Crippen molar-refractivity contribution in [2.45, 2.75) is 13.3 Å². The highest BCUT2D eigenvalue weighted by Gasteiger charge is 2.31. The summed E-state index contributed by atoms with van der Waals surface area (Å²) in [5, 5.41) is 0. The van der Waals surface area contributed by atoms with E-state index < -0.39 is 0 Å². The van der Waals surface area contributed by atoms with Crippen LogP contribution in [0.5, 0.6) is 0 Å². The second kappa shape index (κ2) is 5.32. The topological polar surface area (TPSA) is 55.6 Å². The van der Waals surface area contributed by atoms with Crippen LogP contribution in [0.25, 0.3) is 0 Å². The first-order chi connectivity index (χ1) is 6.69. The molecule has 4 heteroatoms.